The van der Waals surface area contributed by atoms with Crippen LogP contribution < -0.4 is 15.4 Å². The summed E-state index contributed by atoms with van der Waals surface area (Å²) in [4.78, 5) is 11.4. The van der Waals surface area contributed by atoms with E-state index >= 15 is 0 Å². The second kappa shape index (κ2) is 6.98. The molecular formula is C12H15F3N2O2. The Bertz CT molecular complexity index is 404. The molecule has 4 nitrogen and oxygen atoms in total. The largest absolute Gasteiger partial charge is 0.484 e. The van der Waals surface area contributed by atoms with Gasteiger partial charge in [0.1, 0.15) is 5.75 Å². The van der Waals surface area contributed by atoms with Crippen molar-refractivity contribution in [3.63, 3.8) is 0 Å². The van der Waals surface area contributed by atoms with Crippen molar-refractivity contribution in [1.82, 2.24) is 5.32 Å². The smallest absolute Gasteiger partial charge is 0.422 e. The SMILES string of the molecule is CCNCC(=O)Nc1ccc(OCC(F)(F)F)cc1. The van der Waals surface area contributed by atoms with E-state index in [-0.39, 0.29) is 18.2 Å². The molecule has 0 fully saturated rings. The lowest BCUT2D eigenvalue weighted by atomic mass is 10.3. The average Bonchev–Trinajstić information content (AvgIpc) is 2.34. The fraction of sp³-hybridized carbons (Fsp3) is 0.417. The molecule has 1 amide bonds. The molecule has 0 aliphatic carbocycles. The molecule has 19 heavy (non-hydrogen) atoms. The summed E-state index contributed by atoms with van der Waals surface area (Å²) >= 11 is 0. The topological polar surface area (TPSA) is 50.4 Å². The molecule has 0 saturated heterocycles. The summed E-state index contributed by atoms with van der Waals surface area (Å²) < 4.78 is 40.3. The average molecular weight is 276 g/mol. The molecule has 0 heterocycles. The minimum Gasteiger partial charge on any atom is -0.484 e. The molecule has 1 aromatic rings. The van der Waals surface area contributed by atoms with Gasteiger partial charge in [-0.2, -0.15) is 13.2 Å². The summed E-state index contributed by atoms with van der Waals surface area (Å²) in [6.45, 7) is 1.40. The van der Waals surface area contributed by atoms with Crippen molar-refractivity contribution in [3.05, 3.63) is 24.3 Å². The van der Waals surface area contributed by atoms with Gasteiger partial charge in [-0.1, -0.05) is 6.92 Å². The fourth-order valence-corrected chi connectivity index (χ4v) is 1.24. The molecule has 0 bridgehead atoms. The number of hydrogen-bond donors (Lipinski definition) is 2. The van der Waals surface area contributed by atoms with Crippen LogP contribution in [0.3, 0.4) is 0 Å². The van der Waals surface area contributed by atoms with E-state index in [2.05, 4.69) is 15.4 Å². The van der Waals surface area contributed by atoms with Crippen LogP contribution in [-0.2, 0) is 4.79 Å². The Morgan fingerprint density at radius 3 is 2.42 bits per heavy atom. The molecule has 0 atom stereocenters. The van der Waals surface area contributed by atoms with Gasteiger partial charge in [0, 0.05) is 5.69 Å². The minimum atomic E-state index is -4.36. The van der Waals surface area contributed by atoms with Gasteiger partial charge >= 0.3 is 6.18 Å². The predicted molar refractivity (Wildman–Crippen MR) is 65.2 cm³/mol. The molecule has 106 valence electrons. The van der Waals surface area contributed by atoms with Crippen LogP contribution in [0.5, 0.6) is 5.75 Å². The number of ether oxygens (including phenoxy) is 1. The molecule has 0 spiro atoms. The van der Waals surface area contributed by atoms with E-state index in [0.29, 0.717) is 12.2 Å². The van der Waals surface area contributed by atoms with Crippen molar-refractivity contribution in [1.29, 1.82) is 0 Å². The van der Waals surface area contributed by atoms with Gasteiger partial charge in [-0.05, 0) is 30.8 Å². The number of amides is 1. The van der Waals surface area contributed by atoms with Gasteiger partial charge in [-0.3, -0.25) is 4.79 Å². The first-order valence-electron chi connectivity index (χ1n) is 5.71. The van der Waals surface area contributed by atoms with Crippen LogP contribution in [0.25, 0.3) is 0 Å². The molecule has 2 N–H and O–H groups in total. The van der Waals surface area contributed by atoms with Gasteiger partial charge in [0.05, 0.1) is 6.54 Å². The molecule has 0 aliphatic rings. The van der Waals surface area contributed by atoms with Crippen LogP contribution >= 0.6 is 0 Å². The number of carbonyl (C=O) groups is 1. The van der Waals surface area contributed by atoms with Gasteiger partial charge in [0.25, 0.3) is 0 Å². The third-order valence-electron chi connectivity index (χ3n) is 2.08. The predicted octanol–water partition coefficient (Wildman–Crippen LogP) is 2.18. The molecule has 0 aromatic heterocycles. The van der Waals surface area contributed by atoms with Crippen molar-refractivity contribution in [2.75, 3.05) is 25.0 Å². The fourth-order valence-electron chi connectivity index (χ4n) is 1.24. The zero-order valence-electron chi connectivity index (χ0n) is 10.4. The third kappa shape index (κ3) is 6.66. The van der Waals surface area contributed by atoms with Crippen molar-refractivity contribution in [2.24, 2.45) is 0 Å². The summed E-state index contributed by atoms with van der Waals surface area (Å²) in [6.07, 6.45) is -4.36. The Morgan fingerprint density at radius 1 is 1.26 bits per heavy atom. The molecule has 0 radical (unpaired) electrons. The quantitative estimate of drug-likeness (QED) is 0.837. The number of nitrogens with one attached hydrogen (secondary N) is 2. The Morgan fingerprint density at radius 2 is 1.89 bits per heavy atom. The summed E-state index contributed by atoms with van der Waals surface area (Å²) in [5.74, 6) is -0.118. The third-order valence-corrected chi connectivity index (χ3v) is 2.08. The van der Waals surface area contributed by atoms with Crippen LogP contribution in [0.2, 0.25) is 0 Å². The number of hydrogen-bond acceptors (Lipinski definition) is 3. The van der Waals surface area contributed by atoms with Crippen molar-refractivity contribution in [3.8, 4) is 5.75 Å². The van der Waals surface area contributed by atoms with E-state index in [9.17, 15) is 18.0 Å². The highest BCUT2D eigenvalue weighted by molar-refractivity contribution is 5.92. The van der Waals surface area contributed by atoms with Gasteiger partial charge < -0.3 is 15.4 Å². The first kappa shape index (κ1) is 15.3. The maximum absolute atomic E-state index is 11.9. The molecule has 0 unspecified atom stereocenters. The highest BCUT2D eigenvalue weighted by atomic mass is 19.4. The lowest BCUT2D eigenvalue weighted by Crippen LogP contribution is -2.27. The Hall–Kier alpha value is -1.76. The highest BCUT2D eigenvalue weighted by Gasteiger charge is 2.28. The number of anilines is 1. The highest BCUT2D eigenvalue weighted by Crippen LogP contribution is 2.20. The maximum atomic E-state index is 11.9. The van der Waals surface area contributed by atoms with E-state index in [0.717, 1.165) is 0 Å². The molecule has 7 heteroatoms. The minimum absolute atomic E-state index is 0.0991. The van der Waals surface area contributed by atoms with Crippen molar-refractivity contribution < 1.29 is 22.7 Å². The second-order valence-electron chi connectivity index (χ2n) is 3.76. The van der Waals surface area contributed by atoms with E-state index < -0.39 is 12.8 Å². The zero-order valence-corrected chi connectivity index (χ0v) is 10.4. The maximum Gasteiger partial charge on any atom is 0.422 e. The summed E-state index contributed by atoms with van der Waals surface area (Å²) in [5.41, 5.74) is 0.502. The van der Waals surface area contributed by atoms with Crippen molar-refractivity contribution in [2.45, 2.75) is 13.1 Å². The van der Waals surface area contributed by atoms with Crippen LogP contribution in [0.15, 0.2) is 24.3 Å². The van der Waals surface area contributed by atoms with Crippen LogP contribution in [0, 0.1) is 0 Å². The van der Waals surface area contributed by atoms with E-state index in [1.54, 1.807) is 0 Å². The number of benzene rings is 1. The van der Waals surface area contributed by atoms with E-state index in [4.69, 9.17) is 0 Å². The summed E-state index contributed by atoms with van der Waals surface area (Å²) in [7, 11) is 0. The van der Waals surface area contributed by atoms with Crippen LogP contribution in [0.1, 0.15) is 6.92 Å². The van der Waals surface area contributed by atoms with Gasteiger partial charge in [0.2, 0.25) is 5.91 Å². The first-order chi connectivity index (χ1) is 8.90. The first-order valence-corrected chi connectivity index (χ1v) is 5.71. The Labute approximate surface area is 108 Å². The van der Waals surface area contributed by atoms with Gasteiger partial charge in [-0.25, -0.2) is 0 Å². The van der Waals surface area contributed by atoms with E-state index in [1.807, 2.05) is 6.92 Å². The molecule has 0 aliphatic heterocycles. The number of alkyl halides is 3. The molecule has 1 rings (SSSR count). The summed E-state index contributed by atoms with van der Waals surface area (Å²) in [6, 6.07) is 5.70. The number of likely N-dealkylation sites (N-methyl/N-ethyl adjacent to an activating group) is 1. The van der Waals surface area contributed by atoms with Gasteiger partial charge in [0.15, 0.2) is 6.61 Å². The van der Waals surface area contributed by atoms with Crippen molar-refractivity contribution >= 4 is 11.6 Å². The van der Waals surface area contributed by atoms with Crippen LogP contribution in [0.4, 0.5) is 18.9 Å². The summed E-state index contributed by atoms with van der Waals surface area (Å²) in [5, 5.41) is 5.45. The standard InChI is InChI=1S/C12H15F3N2O2/c1-2-16-7-11(18)17-9-3-5-10(6-4-9)19-8-12(13,14)15/h3-6,16H,2,7-8H2,1H3,(H,17,18). The molecule has 0 saturated carbocycles. The van der Waals surface area contributed by atoms with Crippen LogP contribution in [-0.4, -0.2) is 31.8 Å². The lowest BCUT2D eigenvalue weighted by Gasteiger charge is -2.10. The number of carbonyl (C=O) groups excluding carboxylic acids is 1. The number of halogens is 3. The monoisotopic (exact) mass is 276 g/mol. The normalized spacial score (nSPS) is 11.2. The van der Waals surface area contributed by atoms with E-state index in [1.165, 1.54) is 24.3 Å². The Balaban J connectivity index is 2.45. The van der Waals surface area contributed by atoms with Gasteiger partial charge in [-0.15, -0.1) is 0 Å². The number of rotatable bonds is 6. The molecule has 1 aromatic carbocycles. The second-order valence-corrected chi connectivity index (χ2v) is 3.76. The zero-order chi connectivity index (χ0) is 14.3. The molecular weight excluding hydrogens is 261 g/mol. The Kier molecular flexibility index (Phi) is 5.62. The lowest BCUT2D eigenvalue weighted by molar-refractivity contribution is -0.153.